The first-order chi connectivity index (χ1) is 16.1. The zero-order valence-electron chi connectivity index (χ0n) is 19.5. The third-order valence-electron chi connectivity index (χ3n) is 6.17. The van der Waals surface area contributed by atoms with E-state index in [2.05, 4.69) is 92.7 Å². The Balaban J connectivity index is 1.43. The molecule has 4 rings (SSSR count). The van der Waals surface area contributed by atoms with Crippen molar-refractivity contribution in [3.05, 3.63) is 131 Å². The van der Waals surface area contributed by atoms with Crippen molar-refractivity contribution in [1.82, 2.24) is 0 Å². The number of hydrogen-bond donors (Lipinski definition) is 0. The van der Waals surface area contributed by atoms with Crippen LogP contribution in [0, 0.1) is 5.82 Å². The van der Waals surface area contributed by atoms with E-state index in [1.54, 1.807) is 6.07 Å². The third-order valence-corrected chi connectivity index (χ3v) is 6.17. The molecule has 0 radical (unpaired) electrons. The van der Waals surface area contributed by atoms with Crippen LogP contribution in [0.15, 0.2) is 97.1 Å². The Labute approximate surface area is 197 Å². The van der Waals surface area contributed by atoms with Crippen LogP contribution in [0.4, 0.5) is 4.39 Å². The fourth-order valence-corrected chi connectivity index (χ4v) is 4.20. The Hall–Kier alpha value is -3.45. The van der Waals surface area contributed by atoms with Gasteiger partial charge in [0.25, 0.3) is 0 Å². The van der Waals surface area contributed by atoms with E-state index in [9.17, 15) is 4.39 Å². The maximum Gasteiger partial charge on any atom is 0.131 e. The van der Waals surface area contributed by atoms with Crippen molar-refractivity contribution in [2.45, 2.75) is 39.0 Å². The monoisotopic (exact) mass is 434 g/mol. The zero-order chi connectivity index (χ0) is 23.0. The van der Waals surface area contributed by atoms with E-state index in [1.165, 1.54) is 16.7 Å². The molecule has 0 aliphatic rings. The quantitative estimate of drug-likeness (QED) is 0.243. The van der Waals surface area contributed by atoms with Crippen molar-refractivity contribution in [3.63, 3.8) is 0 Å². The molecule has 0 N–H and O–H groups in total. The second kappa shape index (κ2) is 10.9. The van der Waals surface area contributed by atoms with E-state index >= 15 is 0 Å². The highest BCUT2D eigenvalue weighted by Gasteiger charge is 2.08. The topological polar surface area (TPSA) is 0 Å². The van der Waals surface area contributed by atoms with Gasteiger partial charge in [0.05, 0.1) is 0 Å². The molecule has 1 atom stereocenters. The summed E-state index contributed by atoms with van der Waals surface area (Å²) in [6.07, 6.45) is 7.04. The Kier molecular flexibility index (Phi) is 7.52. The van der Waals surface area contributed by atoms with Crippen LogP contribution in [-0.2, 0) is 12.8 Å². The average Bonchev–Trinajstić information content (AvgIpc) is 2.85. The molecule has 0 aromatic heterocycles. The van der Waals surface area contributed by atoms with E-state index in [0.29, 0.717) is 11.5 Å². The normalized spacial score (nSPS) is 12.2. The van der Waals surface area contributed by atoms with E-state index in [-0.39, 0.29) is 5.82 Å². The van der Waals surface area contributed by atoms with Crippen LogP contribution in [0.3, 0.4) is 0 Å². The van der Waals surface area contributed by atoms with Gasteiger partial charge in [-0.05, 0) is 58.2 Å². The molecule has 0 unspecified atom stereocenters. The lowest BCUT2D eigenvalue weighted by molar-refractivity contribution is 0.625. The third kappa shape index (κ3) is 6.08. The molecule has 0 spiro atoms. The van der Waals surface area contributed by atoms with Gasteiger partial charge in [-0.25, -0.2) is 4.39 Å². The van der Waals surface area contributed by atoms with Crippen molar-refractivity contribution >= 4 is 12.2 Å². The number of rotatable bonds is 8. The van der Waals surface area contributed by atoms with Crippen LogP contribution in [-0.4, -0.2) is 0 Å². The largest absolute Gasteiger partial charge is 0.206 e. The molecule has 0 aliphatic heterocycles. The summed E-state index contributed by atoms with van der Waals surface area (Å²) in [4.78, 5) is 0. The summed E-state index contributed by atoms with van der Waals surface area (Å²) in [6.45, 7) is 4.44. The van der Waals surface area contributed by atoms with Gasteiger partial charge in [-0.15, -0.1) is 0 Å². The van der Waals surface area contributed by atoms with E-state index in [0.717, 1.165) is 36.0 Å². The summed E-state index contributed by atoms with van der Waals surface area (Å²) in [5.41, 5.74) is 7.60. The Morgan fingerprint density at radius 3 is 2.06 bits per heavy atom. The second-order valence-corrected chi connectivity index (χ2v) is 8.77. The molecule has 0 nitrogen and oxygen atoms in total. The van der Waals surface area contributed by atoms with Crippen molar-refractivity contribution in [2.75, 3.05) is 0 Å². The summed E-state index contributed by atoms with van der Waals surface area (Å²) in [5, 5.41) is 0. The Morgan fingerprint density at radius 1 is 0.727 bits per heavy atom. The summed E-state index contributed by atoms with van der Waals surface area (Å²) in [6, 6.07) is 33.0. The highest BCUT2D eigenvalue weighted by Crippen LogP contribution is 2.26. The fraction of sp³-hybridized carbons (Fsp3) is 0.188. The number of benzene rings is 4. The molecule has 0 fully saturated rings. The summed E-state index contributed by atoms with van der Waals surface area (Å²) in [7, 11) is 0. The molecule has 1 heteroatoms. The molecular weight excluding hydrogens is 403 g/mol. The highest BCUT2D eigenvalue weighted by molar-refractivity contribution is 5.72. The first kappa shape index (κ1) is 22.7. The lowest BCUT2D eigenvalue weighted by atomic mass is 9.93. The van der Waals surface area contributed by atoms with Gasteiger partial charge in [-0.2, -0.15) is 0 Å². The van der Waals surface area contributed by atoms with E-state index < -0.39 is 0 Å². The van der Waals surface area contributed by atoms with Gasteiger partial charge in [0.2, 0.25) is 0 Å². The molecule has 0 amide bonds. The van der Waals surface area contributed by atoms with Crippen LogP contribution < -0.4 is 0 Å². The van der Waals surface area contributed by atoms with Crippen LogP contribution >= 0.6 is 0 Å². The maximum absolute atomic E-state index is 14.8. The standard InChI is InChI=1S/C32H31F/c1-3-7-25-10-12-26(13-11-25)14-19-30-20-21-31(23-32(30)33)29-17-15-27(16-18-29)22-24(2)28-8-5-4-6-9-28/h4-6,8-21,23-24H,3,7,22H2,1-2H3/t24-/m0/s1. The fourth-order valence-electron chi connectivity index (χ4n) is 4.20. The molecule has 4 aromatic rings. The Morgan fingerprint density at radius 2 is 1.39 bits per heavy atom. The van der Waals surface area contributed by atoms with Crippen molar-refractivity contribution in [3.8, 4) is 11.1 Å². The molecule has 0 saturated heterocycles. The molecular formula is C32H31F. The lowest BCUT2D eigenvalue weighted by Crippen LogP contribution is -1.98. The molecule has 166 valence electrons. The highest BCUT2D eigenvalue weighted by atomic mass is 19.1. The van der Waals surface area contributed by atoms with Gasteiger partial charge in [0.1, 0.15) is 5.82 Å². The first-order valence-corrected chi connectivity index (χ1v) is 11.8. The van der Waals surface area contributed by atoms with Gasteiger partial charge >= 0.3 is 0 Å². The molecule has 33 heavy (non-hydrogen) atoms. The van der Waals surface area contributed by atoms with Gasteiger partial charge in [-0.3, -0.25) is 0 Å². The lowest BCUT2D eigenvalue weighted by Gasteiger charge is -2.12. The second-order valence-electron chi connectivity index (χ2n) is 8.77. The predicted molar refractivity (Wildman–Crippen MR) is 140 cm³/mol. The smallest absolute Gasteiger partial charge is 0.131 e. The number of hydrogen-bond acceptors (Lipinski definition) is 0. The van der Waals surface area contributed by atoms with Crippen LogP contribution in [0.25, 0.3) is 23.3 Å². The molecule has 0 bridgehead atoms. The minimum Gasteiger partial charge on any atom is -0.206 e. The van der Waals surface area contributed by atoms with E-state index in [1.807, 2.05) is 24.3 Å². The minimum atomic E-state index is -0.201. The van der Waals surface area contributed by atoms with E-state index in [4.69, 9.17) is 0 Å². The molecule has 0 saturated carbocycles. The molecule has 0 heterocycles. The van der Waals surface area contributed by atoms with Gasteiger partial charge in [0, 0.05) is 5.56 Å². The first-order valence-electron chi connectivity index (χ1n) is 11.8. The average molecular weight is 435 g/mol. The number of halogens is 1. The maximum atomic E-state index is 14.8. The molecule has 4 aromatic carbocycles. The van der Waals surface area contributed by atoms with Crippen molar-refractivity contribution in [1.29, 1.82) is 0 Å². The number of aryl methyl sites for hydroxylation is 1. The van der Waals surface area contributed by atoms with Gasteiger partial charge in [0.15, 0.2) is 0 Å². The zero-order valence-corrected chi connectivity index (χ0v) is 19.5. The predicted octanol–water partition coefficient (Wildman–Crippen LogP) is 8.96. The van der Waals surface area contributed by atoms with Crippen molar-refractivity contribution < 1.29 is 4.39 Å². The van der Waals surface area contributed by atoms with Crippen LogP contribution in [0.2, 0.25) is 0 Å². The van der Waals surface area contributed by atoms with Gasteiger partial charge in [-0.1, -0.05) is 123 Å². The van der Waals surface area contributed by atoms with Crippen LogP contribution in [0.1, 0.15) is 54.0 Å². The summed E-state index contributed by atoms with van der Waals surface area (Å²) in [5.74, 6) is 0.261. The van der Waals surface area contributed by atoms with Crippen LogP contribution in [0.5, 0.6) is 0 Å². The SMILES string of the molecule is CCCc1ccc(C=Cc2ccc(-c3ccc(C[C@H](C)c4ccccc4)cc3)cc2F)cc1. The summed E-state index contributed by atoms with van der Waals surface area (Å²) < 4.78 is 14.8. The van der Waals surface area contributed by atoms with Crippen molar-refractivity contribution in [2.24, 2.45) is 0 Å². The summed E-state index contributed by atoms with van der Waals surface area (Å²) >= 11 is 0. The Bertz CT molecular complexity index is 1190. The molecule has 0 aliphatic carbocycles. The minimum absolute atomic E-state index is 0.201. The van der Waals surface area contributed by atoms with Gasteiger partial charge < -0.3 is 0 Å².